The van der Waals surface area contributed by atoms with E-state index in [0.717, 1.165) is 30.2 Å². The Kier molecular flexibility index (Phi) is 4.63. The quantitative estimate of drug-likeness (QED) is 0.562. The summed E-state index contributed by atoms with van der Waals surface area (Å²) in [6.45, 7) is 5.33. The fourth-order valence-corrected chi connectivity index (χ4v) is 3.34. The van der Waals surface area contributed by atoms with Gasteiger partial charge in [-0.2, -0.15) is 0 Å². The fraction of sp³-hybridized carbons (Fsp3) is 0.316. The average molecular weight is 357 g/mol. The van der Waals surface area contributed by atoms with Gasteiger partial charge in [-0.15, -0.1) is 0 Å². The van der Waals surface area contributed by atoms with Crippen LogP contribution in [0, 0.1) is 6.92 Å². The molecule has 1 aromatic heterocycles. The summed E-state index contributed by atoms with van der Waals surface area (Å²) in [7, 11) is 0. The van der Waals surface area contributed by atoms with Gasteiger partial charge in [0.2, 0.25) is 0 Å². The summed E-state index contributed by atoms with van der Waals surface area (Å²) >= 11 is 3.58. The molecule has 3 aromatic rings. The van der Waals surface area contributed by atoms with E-state index in [1.54, 1.807) is 0 Å². The smallest absolute Gasteiger partial charge is 0.109 e. The van der Waals surface area contributed by atoms with Gasteiger partial charge in [0, 0.05) is 18.3 Å². The third-order valence-corrected chi connectivity index (χ3v) is 4.37. The maximum absolute atomic E-state index is 4.90. The number of halogens is 1. The lowest BCUT2D eigenvalue weighted by Crippen LogP contribution is -2.04. The van der Waals surface area contributed by atoms with Crippen molar-refractivity contribution in [1.29, 1.82) is 0 Å². The molecule has 0 atom stereocenters. The van der Waals surface area contributed by atoms with Crippen molar-refractivity contribution in [3.05, 3.63) is 53.9 Å². The fourth-order valence-electron chi connectivity index (χ4n) is 2.99. The molecule has 114 valence electrons. The van der Waals surface area contributed by atoms with Gasteiger partial charge >= 0.3 is 0 Å². The van der Waals surface area contributed by atoms with Crippen LogP contribution in [-0.2, 0) is 13.0 Å². The largest absolute Gasteiger partial charge is 0.327 e. The van der Waals surface area contributed by atoms with Gasteiger partial charge in [-0.1, -0.05) is 53.2 Å². The van der Waals surface area contributed by atoms with Crippen LogP contribution in [0.25, 0.3) is 22.2 Å². The predicted molar refractivity (Wildman–Crippen MR) is 97.7 cm³/mol. The first-order valence-corrected chi connectivity index (χ1v) is 8.98. The molecular weight excluding hydrogens is 336 g/mol. The molecular formula is C19H21BrN2. The zero-order valence-corrected chi connectivity index (χ0v) is 14.7. The molecule has 0 aliphatic heterocycles. The minimum absolute atomic E-state index is 0.948. The number of aryl methyl sites for hydroxylation is 3. The van der Waals surface area contributed by atoms with E-state index in [-0.39, 0.29) is 0 Å². The molecule has 0 aliphatic carbocycles. The molecule has 0 saturated carbocycles. The lowest BCUT2D eigenvalue weighted by Gasteiger charge is -2.08. The molecule has 0 N–H and O–H groups in total. The Balaban J connectivity index is 2.21. The summed E-state index contributed by atoms with van der Waals surface area (Å²) in [6.07, 6.45) is 2.15. The lowest BCUT2D eigenvalue weighted by atomic mass is 10.0. The Morgan fingerprint density at radius 3 is 2.55 bits per heavy atom. The summed E-state index contributed by atoms with van der Waals surface area (Å²) in [5, 5.41) is 0.948. The molecule has 2 nitrogen and oxygen atoms in total. The first kappa shape index (κ1) is 15.3. The number of nitrogens with zero attached hydrogens (tertiary/aromatic N) is 2. The molecule has 3 rings (SSSR count). The molecule has 2 aromatic carbocycles. The highest BCUT2D eigenvalue weighted by Gasteiger charge is 2.13. The summed E-state index contributed by atoms with van der Waals surface area (Å²) in [4.78, 5) is 4.90. The van der Waals surface area contributed by atoms with E-state index in [1.807, 2.05) is 0 Å². The third kappa shape index (κ3) is 2.82. The van der Waals surface area contributed by atoms with Gasteiger partial charge in [0.15, 0.2) is 0 Å². The Hall–Kier alpha value is -1.61. The highest BCUT2D eigenvalue weighted by Crippen LogP contribution is 2.28. The van der Waals surface area contributed by atoms with Crippen LogP contribution in [-0.4, -0.2) is 14.9 Å². The maximum Gasteiger partial charge on any atom is 0.109 e. The number of alkyl halides is 1. The summed E-state index contributed by atoms with van der Waals surface area (Å²) in [5.74, 6) is 1.20. The molecule has 0 amide bonds. The number of rotatable bonds is 5. The lowest BCUT2D eigenvalue weighted by molar-refractivity contribution is 0.708. The van der Waals surface area contributed by atoms with Crippen LogP contribution in [0.5, 0.6) is 0 Å². The minimum Gasteiger partial charge on any atom is -0.327 e. The normalized spacial score (nSPS) is 11.2. The van der Waals surface area contributed by atoms with Gasteiger partial charge in [0.25, 0.3) is 0 Å². The standard InChI is InChI=1S/C19H21BrN2/c1-3-7-18-21-19-14(2)12-16(15-8-5-4-6-9-15)13-17(19)22(18)11-10-20/h4-6,8-9,12-13H,3,7,10-11H2,1-2H3. The van der Waals surface area contributed by atoms with Crippen LogP contribution >= 0.6 is 15.9 Å². The zero-order valence-electron chi connectivity index (χ0n) is 13.1. The monoisotopic (exact) mass is 356 g/mol. The van der Waals surface area contributed by atoms with Crippen molar-refractivity contribution in [2.75, 3.05) is 5.33 Å². The average Bonchev–Trinajstić information content (AvgIpc) is 2.88. The molecule has 0 aliphatic rings. The topological polar surface area (TPSA) is 17.8 Å². The van der Waals surface area contributed by atoms with Crippen molar-refractivity contribution >= 4 is 27.0 Å². The molecule has 0 fully saturated rings. The number of aromatic nitrogens is 2. The molecule has 1 heterocycles. The third-order valence-electron chi connectivity index (χ3n) is 4.01. The van der Waals surface area contributed by atoms with E-state index in [2.05, 4.69) is 76.8 Å². The van der Waals surface area contributed by atoms with Crippen LogP contribution in [0.4, 0.5) is 0 Å². The first-order chi connectivity index (χ1) is 10.7. The van der Waals surface area contributed by atoms with Crippen molar-refractivity contribution in [2.24, 2.45) is 0 Å². The predicted octanol–water partition coefficient (Wildman–Crippen LogP) is 5.36. The van der Waals surface area contributed by atoms with Gasteiger partial charge in [-0.05, 0) is 42.2 Å². The van der Waals surface area contributed by atoms with Crippen LogP contribution in [0.3, 0.4) is 0 Å². The van der Waals surface area contributed by atoms with E-state index in [1.165, 1.54) is 28.0 Å². The molecule has 0 radical (unpaired) electrons. The van der Waals surface area contributed by atoms with Gasteiger partial charge in [0.1, 0.15) is 5.82 Å². The van der Waals surface area contributed by atoms with E-state index in [4.69, 9.17) is 4.98 Å². The SMILES string of the molecule is CCCc1nc2c(C)cc(-c3ccccc3)cc2n1CCBr. The number of hydrogen-bond acceptors (Lipinski definition) is 1. The number of benzene rings is 2. The Morgan fingerprint density at radius 1 is 1.09 bits per heavy atom. The highest BCUT2D eigenvalue weighted by molar-refractivity contribution is 9.09. The van der Waals surface area contributed by atoms with Crippen molar-refractivity contribution in [1.82, 2.24) is 9.55 Å². The second kappa shape index (κ2) is 6.66. The van der Waals surface area contributed by atoms with Crippen LogP contribution < -0.4 is 0 Å². The summed E-state index contributed by atoms with van der Waals surface area (Å²) < 4.78 is 2.37. The second-order valence-corrected chi connectivity index (χ2v) is 6.44. The molecule has 0 spiro atoms. The van der Waals surface area contributed by atoms with Crippen molar-refractivity contribution < 1.29 is 0 Å². The first-order valence-electron chi connectivity index (χ1n) is 7.85. The highest BCUT2D eigenvalue weighted by atomic mass is 79.9. The molecule has 22 heavy (non-hydrogen) atoms. The zero-order chi connectivity index (χ0) is 15.5. The van der Waals surface area contributed by atoms with Crippen LogP contribution in [0.2, 0.25) is 0 Å². The van der Waals surface area contributed by atoms with E-state index < -0.39 is 0 Å². The second-order valence-electron chi connectivity index (χ2n) is 5.65. The van der Waals surface area contributed by atoms with Crippen molar-refractivity contribution in [2.45, 2.75) is 33.2 Å². The molecule has 0 saturated heterocycles. The molecule has 0 bridgehead atoms. The Bertz CT molecular complexity index is 775. The number of fused-ring (bicyclic) bond motifs is 1. The maximum atomic E-state index is 4.90. The van der Waals surface area contributed by atoms with Gasteiger partial charge < -0.3 is 4.57 Å². The minimum atomic E-state index is 0.948. The molecule has 0 unspecified atom stereocenters. The van der Waals surface area contributed by atoms with Crippen molar-refractivity contribution in [3.63, 3.8) is 0 Å². The Morgan fingerprint density at radius 2 is 1.86 bits per heavy atom. The van der Waals surface area contributed by atoms with Gasteiger partial charge in [-0.3, -0.25) is 0 Å². The van der Waals surface area contributed by atoms with Crippen LogP contribution in [0.1, 0.15) is 24.7 Å². The van der Waals surface area contributed by atoms with Gasteiger partial charge in [-0.25, -0.2) is 4.98 Å². The van der Waals surface area contributed by atoms with E-state index in [0.29, 0.717) is 0 Å². The van der Waals surface area contributed by atoms with Crippen molar-refractivity contribution in [3.8, 4) is 11.1 Å². The van der Waals surface area contributed by atoms with E-state index >= 15 is 0 Å². The van der Waals surface area contributed by atoms with Crippen LogP contribution in [0.15, 0.2) is 42.5 Å². The summed E-state index contributed by atoms with van der Waals surface area (Å²) in [5.41, 5.74) is 6.17. The number of hydrogen-bond donors (Lipinski definition) is 0. The summed E-state index contributed by atoms with van der Waals surface area (Å²) in [6, 6.07) is 15.1. The van der Waals surface area contributed by atoms with E-state index in [9.17, 15) is 0 Å². The molecule has 3 heteroatoms. The number of imidazole rings is 1. The Labute approximate surface area is 140 Å². The van der Waals surface area contributed by atoms with Gasteiger partial charge in [0.05, 0.1) is 11.0 Å².